The molecule has 0 amide bonds. The van der Waals surface area contributed by atoms with Crippen molar-refractivity contribution in [1.29, 1.82) is 0 Å². The molecule has 1 aliphatic carbocycles. The number of hydrogen-bond donors (Lipinski definition) is 0. The van der Waals surface area contributed by atoms with Gasteiger partial charge in [0.1, 0.15) is 0 Å². The van der Waals surface area contributed by atoms with Crippen LogP contribution in [0, 0.1) is 0 Å². The van der Waals surface area contributed by atoms with Crippen LogP contribution < -0.4 is 0 Å². The standard InChI is InChI=1S/C11H18/c1-2-3-5-8-11-9-6-4-7-10-11/h5H,2-4,6-7,9-10H2,1H3. The van der Waals surface area contributed by atoms with E-state index < -0.39 is 0 Å². The van der Waals surface area contributed by atoms with Crippen molar-refractivity contribution in [2.45, 2.75) is 51.9 Å². The highest BCUT2D eigenvalue weighted by Crippen LogP contribution is 2.21. The molecule has 11 heavy (non-hydrogen) atoms. The second-order valence-electron chi connectivity index (χ2n) is 3.30. The molecule has 0 N–H and O–H groups in total. The number of rotatable bonds is 2. The van der Waals surface area contributed by atoms with Crippen molar-refractivity contribution < 1.29 is 0 Å². The van der Waals surface area contributed by atoms with Gasteiger partial charge in [0, 0.05) is 0 Å². The number of unbranched alkanes of at least 4 members (excludes halogenated alkanes) is 1. The monoisotopic (exact) mass is 150 g/mol. The van der Waals surface area contributed by atoms with Crippen LogP contribution in [0.3, 0.4) is 0 Å². The summed E-state index contributed by atoms with van der Waals surface area (Å²) >= 11 is 0. The summed E-state index contributed by atoms with van der Waals surface area (Å²) in [6.45, 7) is 2.21. The van der Waals surface area contributed by atoms with Gasteiger partial charge in [0.2, 0.25) is 0 Å². The van der Waals surface area contributed by atoms with Crippen LogP contribution in [0.4, 0.5) is 0 Å². The van der Waals surface area contributed by atoms with Crippen molar-refractivity contribution in [1.82, 2.24) is 0 Å². The van der Waals surface area contributed by atoms with E-state index in [9.17, 15) is 0 Å². The van der Waals surface area contributed by atoms with E-state index in [1.165, 1.54) is 44.9 Å². The molecule has 1 rings (SSSR count). The molecule has 0 atom stereocenters. The molecular weight excluding hydrogens is 132 g/mol. The van der Waals surface area contributed by atoms with Crippen molar-refractivity contribution in [3.05, 3.63) is 17.4 Å². The Morgan fingerprint density at radius 3 is 2.64 bits per heavy atom. The zero-order valence-electron chi connectivity index (χ0n) is 7.53. The summed E-state index contributed by atoms with van der Waals surface area (Å²) in [6.07, 6.45) is 11.5. The van der Waals surface area contributed by atoms with Crippen LogP contribution >= 0.6 is 0 Å². The molecule has 0 heteroatoms. The predicted molar refractivity (Wildman–Crippen MR) is 49.6 cm³/mol. The van der Waals surface area contributed by atoms with Crippen LogP contribution in [-0.4, -0.2) is 0 Å². The molecule has 0 heterocycles. The number of hydrogen-bond acceptors (Lipinski definition) is 0. The fourth-order valence-corrected chi connectivity index (χ4v) is 1.48. The summed E-state index contributed by atoms with van der Waals surface area (Å²) in [5, 5.41) is 0. The van der Waals surface area contributed by atoms with Gasteiger partial charge in [-0.05, 0) is 43.8 Å². The zero-order valence-corrected chi connectivity index (χ0v) is 7.53. The summed E-state index contributed by atoms with van der Waals surface area (Å²) < 4.78 is 0. The summed E-state index contributed by atoms with van der Waals surface area (Å²) in [5.74, 6) is 0. The fourth-order valence-electron chi connectivity index (χ4n) is 1.48. The van der Waals surface area contributed by atoms with Crippen LogP contribution in [0.15, 0.2) is 17.4 Å². The molecule has 1 aliphatic rings. The van der Waals surface area contributed by atoms with Crippen molar-refractivity contribution in [2.75, 3.05) is 0 Å². The Bertz CT molecular complexity index is 151. The molecule has 0 aromatic heterocycles. The highest BCUT2D eigenvalue weighted by Gasteiger charge is 2.02. The Kier molecular flexibility index (Phi) is 4.08. The van der Waals surface area contributed by atoms with Gasteiger partial charge in [0.25, 0.3) is 0 Å². The van der Waals surface area contributed by atoms with E-state index in [4.69, 9.17) is 0 Å². The number of allylic oxidation sites excluding steroid dienone is 1. The van der Waals surface area contributed by atoms with Gasteiger partial charge in [-0.2, -0.15) is 0 Å². The van der Waals surface area contributed by atoms with Gasteiger partial charge in [-0.15, -0.1) is 5.73 Å². The lowest BCUT2D eigenvalue weighted by molar-refractivity contribution is 0.600. The second-order valence-corrected chi connectivity index (χ2v) is 3.30. The van der Waals surface area contributed by atoms with E-state index in [2.05, 4.69) is 18.7 Å². The lowest BCUT2D eigenvalue weighted by atomic mass is 9.95. The smallest absolute Gasteiger partial charge is 0.0244 e. The first-order valence-corrected chi connectivity index (χ1v) is 4.86. The van der Waals surface area contributed by atoms with E-state index in [0.29, 0.717) is 0 Å². The average molecular weight is 150 g/mol. The molecule has 0 unspecified atom stereocenters. The van der Waals surface area contributed by atoms with Gasteiger partial charge in [-0.1, -0.05) is 19.8 Å². The Morgan fingerprint density at radius 1 is 1.27 bits per heavy atom. The Hall–Kier alpha value is -0.480. The van der Waals surface area contributed by atoms with Crippen LogP contribution in [0.5, 0.6) is 0 Å². The first-order chi connectivity index (χ1) is 5.43. The second kappa shape index (κ2) is 5.21. The maximum absolute atomic E-state index is 3.41. The van der Waals surface area contributed by atoms with Gasteiger partial charge in [-0.25, -0.2) is 0 Å². The highest BCUT2D eigenvalue weighted by molar-refractivity contribution is 5.03. The van der Waals surface area contributed by atoms with E-state index in [1.54, 1.807) is 5.57 Å². The Labute approximate surface area is 70.0 Å². The van der Waals surface area contributed by atoms with Crippen molar-refractivity contribution in [3.8, 4) is 0 Å². The minimum atomic E-state index is 1.20. The average Bonchev–Trinajstić information content (AvgIpc) is 2.07. The van der Waals surface area contributed by atoms with Gasteiger partial charge >= 0.3 is 0 Å². The molecule has 1 saturated carbocycles. The third-order valence-electron chi connectivity index (χ3n) is 2.20. The van der Waals surface area contributed by atoms with Gasteiger partial charge in [0.15, 0.2) is 0 Å². The molecule has 1 fully saturated rings. The van der Waals surface area contributed by atoms with E-state index in [1.807, 2.05) is 0 Å². The lowest BCUT2D eigenvalue weighted by Crippen LogP contribution is -1.91. The molecule has 0 aromatic carbocycles. The summed E-state index contributed by atoms with van der Waals surface area (Å²) in [4.78, 5) is 0. The third kappa shape index (κ3) is 3.43. The summed E-state index contributed by atoms with van der Waals surface area (Å²) in [6, 6.07) is 0. The fraction of sp³-hybridized carbons (Fsp3) is 0.727. The lowest BCUT2D eigenvalue weighted by Gasteiger charge is -2.10. The molecule has 0 radical (unpaired) electrons. The van der Waals surface area contributed by atoms with Crippen molar-refractivity contribution in [3.63, 3.8) is 0 Å². The zero-order chi connectivity index (χ0) is 7.94. The summed E-state index contributed by atoms with van der Waals surface area (Å²) in [7, 11) is 0. The predicted octanol–water partition coefficient (Wildman–Crippen LogP) is 3.83. The molecule has 0 aromatic rings. The maximum atomic E-state index is 3.41. The third-order valence-corrected chi connectivity index (χ3v) is 2.20. The molecule has 0 aliphatic heterocycles. The normalized spacial score (nSPS) is 17.7. The maximum Gasteiger partial charge on any atom is -0.0244 e. The van der Waals surface area contributed by atoms with E-state index >= 15 is 0 Å². The quantitative estimate of drug-likeness (QED) is 0.525. The van der Waals surface area contributed by atoms with Gasteiger partial charge in [-0.3, -0.25) is 0 Å². The Morgan fingerprint density at radius 2 is 2.00 bits per heavy atom. The summed E-state index contributed by atoms with van der Waals surface area (Å²) in [5.41, 5.74) is 4.97. The van der Waals surface area contributed by atoms with Crippen molar-refractivity contribution in [2.24, 2.45) is 0 Å². The highest BCUT2D eigenvalue weighted by atomic mass is 14.1. The van der Waals surface area contributed by atoms with Crippen LogP contribution in [0.1, 0.15) is 51.9 Å². The molecule has 0 nitrogen and oxygen atoms in total. The SMILES string of the molecule is CCCC=C=C1CCCCC1. The molecule has 0 saturated heterocycles. The van der Waals surface area contributed by atoms with Crippen LogP contribution in [0.2, 0.25) is 0 Å². The van der Waals surface area contributed by atoms with E-state index in [-0.39, 0.29) is 0 Å². The van der Waals surface area contributed by atoms with Gasteiger partial charge in [0.05, 0.1) is 0 Å². The van der Waals surface area contributed by atoms with E-state index in [0.717, 1.165) is 0 Å². The van der Waals surface area contributed by atoms with Gasteiger partial charge < -0.3 is 0 Å². The molecular formula is C11H18. The van der Waals surface area contributed by atoms with Crippen molar-refractivity contribution >= 4 is 0 Å². The minimum Gasteiger partial charge on any atom is -0.126 e. The molecule has 0 spiro atoms. The Balaban J connectivity index is 2.36. The molecule has 0 bridgehead atoms. The topological polar surface area (TPSA) is 0 Å². The molecule has 62 valence electrons. The van der Waals surface area contributed by atoms with Crippen LogP contribution in [-0.2, 0) is 0 Å². The minimum absolute atomic E-state index is 1.20. The largest absolute Gasteiger partial charge is 0.126 e. The first kappa shape index (κ1) is 8.62. The first-order valence-electron chi connectivity index (χ1n) is 4.86. The van der Waals surface area contributed by atoms with Crippen LogP contribution in [0.25, 0.3) is 0 Å².